The van der Waals surface area contributed by atoms with Gasteiger partial charge in [0.2, 0.25) is 0 Å². The summed E-state index contributed by atoms with van der Waals surface area (Å²) in [5.41, 5.74) is 0.441. The molecule has 0 aliphatic heterocycles. The molecule has 100 valence electrons. The van der Waals surface area contributed by atoms with Gasteiger partial charge in [0.1, 0.15) is 17.4 Å². The van der Waals surface area contributed by atoms with Gasteiger partial charge in [0.15, 0.2) is 0 Å². The molecular formula is C12H13FN4OS. The Labute approximate surface area is 113 Å². The van der Waals surface area contributed by atoms with Crippen LogP contribution in [-0.2, 0) is 0 Å². The van der Waals surface area contributed by atoms with Gasteiger partial charge < -0.3 is 10.3 Å². The van der Waals surface area contributed by atoms with Crippen molar-refractivity contribution in [3.05, 3.63) is 23.6 Å². The topological polar surface area (TPSA) is 70.7 Å². The van der Waals surface area contributed by atoms with E-state index in [2.05, 4.69) is 20.3 Å². The fraction of sp³-hybridized carbons (Fsp3) is 0.417. The van der Waals surface area contributed by atoms with Gasteiger partial charge in [-0.3, -0.25) is 4.79 Å². The lowest BCUT2D eigenvalue weighted by Gasteiger charge is -2.39. The molecule has 2 N–H and O–H groups in total. The van der Waals surface area contributed by atoms with Crippen LogP contribution in [0, 0.1) is 0 Å². The molecule has 0 atom stereocenters. The minimum Gasteiger partial charge on any atom is -0.343 e. The molecule has 19 heavy (non-hydrogen) atoms. The van der Waals surface area contributed by atoms with Gasteiger partial charge in [-0.15, -0.1) is 11.3 Å². The Morgan fingerprint density at radius 3 is 3.00 bits per heavy atom. The Balaban J connectivity index is 1.74. The number of aromatic amines is 1. The van der Waals surface area contributed by atoms with Crippen molar-refractivity contribution in [2.45, 2.75) is 24.8 Å². The molecule has 1 saturated carbocycles. The molecule has 0 spiro atoms. The summed E-state index contributed by atoms with van der Waals surface area (Å²) in [6.45, 7) is -0.518. The number of nitrogens with zero attached hydrogens (tertiary/aromatic N) is 2. The number of H-pyrrole nitrogens is 1. The first-order valence-electron chi connectivity index (χ1n) is 6.05. The third-order valence-electron chi connectivity index (χ3n) is 3.41. The van der Waals surface area contributed by atoms with Crippen molar-refractivity contribution in [2.75, 3.05) is 6.67 Å². The SMILES string of the molecule is O=C(NC1(CF)CCC1)c1csc(-c2cnc[nH]2)n1. The minimum absolute atomic E-state index is 0.306. The van der Waals surface area contributed by atoms with Crippen molar-refractivity contribution in [2.24, 2.45) is 0 Å². The summed E-state index contributed by atoms with van der Waals surface area (Å²) >= 11 is 1.36. The van der Waals surface area contributed by atoms with Crippen LogP contribution >= 0.6 is 11.3 Å². The van der Waals surface area contributed by atoms with E-state index in [1.807, 2.05) is 0 Å². The molecule has 7 heteroatoms. The molecule has 0 unspecified atom stereocenters. The number of carbonyl (C=O) groups excluding carboxylic acids is 1. The molecular weight excluding hydrogens is 267 g/mol. The number of amides is 1. The largest absolute Gasteiger partial charge is 0.343 e. The quantitative estimate of drug-likeness (QED) is 0.901. The van der Waals surface area contributed by atoms with Gasteiger partial charge in [0, 0.05) is 5.38 Å². The molecule has 1 aliphatic carbocycles. The summed E-state index contributed by atoms with van der Waals surface area (Å²) < 4.78 is 13.0. The molecule has 5 nitrogen and oxygen atoms in total. The first-order chi connectivity index (χ1) is 9.22. The zero-order valence-electron chi connectivity index (χ0n) is 10.1. The normalized spacial score (nSPS) is 16.9. The van der Waals surface area contributed by atoms with E-state index in [9.17, 15) is 9.18 Å². The number of thiazole rings is 1. The van der Waals surface area contributed by atoms with Crippen LogP contribution in [0.3, 0.4) is 0 Å². The van der Waals surface area contributed by atoms with Crippen LogP contribution in [0.4, 0.5) is 4.39 Å². The molecule has 2 heterocycles. The molecule has 0 saturated heterocycles. The Bertz CT molecular complexity index is 571. The lowest BCUT2D eigenvalue weighted by Crippen LogP contribution is -2.55. The number of imidazole rings is 1. The minimum atomic E-state index is -0.658. The van der Waals surface area contributed by atoms with E-state index in [0.29, 0.717) is 23.5 Å². The lowest BCUT2D eigenvalue weighted by molar-refractivity contribution is 0.0770. The van der Waals surface area contributed by atoms with Gasteiger partial charge in [-0.25, -0.2) is 14.4 Å². The average Bonchev–Trinajstić information content (AvgIpc) is 3.02. The second kappa shape index (κ2) is 4.73. The summed E-state index contributed by atoms with van der Waals surface area (Å²) in [6.07, 6.45) is 5.57. The number of rotatable bonds is 4. The lowest BCUT2D eigenvalue weighted by atomic mass is 9.78. The van der Waals surface area contributed by atoms with Crippen LogP contribution in [0.25, 0.3) is 10.7 Å². The number of hydrogen-bond donors (Lipinski definition) is 2. The second-order valence-electron chi connectivity index (χ2n) is 4.72. The van der Waals surface area contributed by atoms with Crippen molar-refractivity contribution >= 4 is 17.2 Å². The van der Waals surface area contributed by atoms with E-state index in [0.717, 1.165) is 12.1 Å². The maximum atomic E-state index is 13.0. The summed E-state index contributed by atoms with van der Waals surface area (Å²) in [5, 5.41) is 5.14. The van der Waals surface area contributed by atoms with Crippen molar-refractivity contribution in [3.63, 3.8) is 0 Å². The Kier molecular flexibility index (Phi) is 3.06. The van der Waals surface area contributed by atoms with Crippen molar-refractivity contribution in [1.82, 2.24) is 20.3 Å². The molecule has 1 fully saturated rings. The third kappa shape index (κ3) is 2.25. The van der Waals surface area contributed by atoms with Crippen LogP contribution in [0.2, 0.25) is 0 Å². The fourth-order valence-corrected chi connectivity index (χ4v) is 2.85. The number of halogens is 1. The number of hydrogen-bond acceptors (Lipinski definition) is 4. The van der Waals surface area contributed by atoms with Gasteiger partial charge in [-0.2, -0.15) is 0 Å². The van der Waals surface area contributed by atoms with Gasteiger partial charge in [0.25, 0.3) is 5.91 Å². The van der Waals surface area contributed by atoms with E-state index in [-0.39, 0.29) is 5.91 Å². The van der Waals surface area contributed by atoms with Crippen molar-refractivity contribution < 1.29 is 9.18 Å². The van der Waals surface area contributed by atoms with Crippen LogP contribution in [0.15, 0.2) is 17.9 Å². The van der Waals surface area contributed by atoms with Gasteiger partial charge in [-0.1, -0.05) is 0 Å². The van der Waals surface area contributed by atoms with Crippen molar-refractivity contribution in [1.29, 1.82) is 0 Å². The maximum Gasteiger partial charge on any atom is 0.271 e. The Morgan fingerprint density at radius 2 is 2.42 bits per heavy atom. The van der Waals surface area contributed by atoms with Gasteiger partial charge in [0.05, 0.1) is 23.8 Å². The highest BCUT2D eigenvalue weighted by atomic mass is 32.1. The number of alkyl halides is 1. The second-order valence-corrected chi connectivity index (χ2v) is 5.58. The smallest absolute Gasteiger partial charge is 0.271 e. The zero-order valence-corrected chi connectivity index (χ0v) is 11.0. The summed E-state index contributed by atoms with van der Waals surface area (Å²) in [4.78, 5) is 23.1. The highest BCUT2D eigenvalue weighted by Crippen LogP contribution is 2.32. The Hall–Kier alpha value is -1.76. The molecule has 0 radical (unpaired) electrons. The van der Waals surface area contributed by atoms with Crippen LogP contribution in [0.5, 0.6) is 0 Å². The zero-order chi connectivity index (χ0) is 13.3. The van der Waals surface area contributed by atoms with Crippen LogP contribution < -0.4 is 5.32 Å². The van der Waals surface area contributed by atoms with Gasteiger partial charge >= 0.3 is 0 Å². The highest BCUT2D eigenvalue weighted by molar-refractivity contribution is 7.13. The molecule has 1 aliphatic rings. The maximum absolute atomic E-state index is 13.0. The standard InChI is InChI=1S/C12H13FN4OS/c13-6-12(2-1-3-12)17-10(18)9-5-19-11(16-9)8-4-14-7-15-8/h4-5,7H,1-3,6H2,(H,14,15)(H,17,18). The molecule has 2 aromatic heterocycles. The van der Waals surface area contributed by atoms with E-state index in [1.165, 1.54) is 11.3 Å². The van der Waals surface area contributed by atoms with E-state index in [4.69, 9.17) is 0 Å². The molecule has 1 amide bonds. The number of carbonyl (C=O) groups is 1. The first kappa shape index (κ1) is 12.3. The van der Waals surface area contributed by atoms with E-state index >= 15 is 0 Å². The van der Waals surface area contributed by atoms with E-state index in [1.54, 1.807) is 17.9 Å². The third-order valence-corrected chi connectivity index (χ3v) is 4.29. The average molecular weight is 280 g/mol. The first-order valence-corrected chi connectivity index (χ1v) is 6.93. The number of nitrogens with one attached hydrogen (secondary N) is 2. The molecule has 0 bridgehead atoms. The Morgan fingerprint density at radius 1 is 1.58 bits per heavy atom. The van der Waals surface area contributed by atoms with Crippen LogP contribution in [0.1, 0.15) is 29.8 Å². The van der Waals surface area contributed by atoms with Crippen molar-refractivity contribution in [3.8, 4) is 10.7 Å². The van der Waals surface area contributed by atoms with E-state index < -0.39 is 12.2 Å². The summed E-state index contributed by atoms with van der Waals surface area (Å²) in [7, 11) is 0. The monoisotopic (exact) mass is 280 g/mol. The number of aromatic nitrogens is 3. The summed E-state index contributed by atoms with van der Waals surface area (Å²) in [5.74, 6) is -0.306. The molecule has 2 aromatic rings. The van der Waals surface area contributed by atoms with Gasteiger partial charge in [-0.05, 0) is 19.3 Å². The highest BCUT2D eigenvalue weighted by Gasteiger charge is 2.39. The fourth-order valence-electron chi connectivity index (χ4n) is 2.08. The summed E-state index contributed by atoms with van der Waals surface area (Å²) in [6, 6.07) is 0. The molecule has 3 rings (SSSR count). The predicted octanol–water partition coefficient (Wildman–Crippen LogP) is 2.16. The van der Waals surface area contributed by atoms with Crippen LogP contribution in [-0.4, -0.2) is 33.1 Å². The predicted molar refractivity (Wildman–Crippen MR) is 69.7 cm³/mol. The molecule has 0 aromatic carbocycles.